The molecule has 258 valence electrons. The number of fused-ring (bicyclic) bond motifs is 5. The average Bonchev–Trinajstić information content (AvgIpc) is 3.65. The first kappa shape index (κ1) is 31.4. The minimum atomic E-state index is -0.0131. The van der Waals surface area contributed by atoms with Crippen LogP contribution in [0.25, 0.3) is 76.5 Å². The van der Waals surface area contributed by atoms with Crippen molar-refractivity contribution in [1.82, 2.24) is 0 Å². The number of nitrogens with one attached hydrogen (secondary N) is 1. The van der Waals surface area contributed by atoms with E-state index in [9.17, 15) is 0 Å². The molecule has 0 fully saturated rings. The van der Waals surface area contributed by atoms with Gasteiger partial charge in [0, 0.05) is 5.69 Å². The molecule has 1 heterocycles. The fourth-order valence-electron chi connectivity index (χ4n) is 8.79. The van der Waals surface area contributed by atoms with E-state index in [4.69, 9.17) is 0 Å². The van der Waals surface area contributed by atoms with Crippen LogP contribution >= 0.6 is 0 Å². The van der Waals surface area contributed by atoms with E-state index in [1.807, 2.05) is 0 Å². The maximum atomic E-state index is 3.80. The Bertz CT molecular complexity index is 3070. The van der Waals surface area contributed by atoms with Crippen molar-refractivity contribution in [3.63, 3.8) is 0 Å². The van der Waals surface area contributed by atoms with Gasteiger partial charge < -0.3 is 10.2 Å². The molecular weight excluding hydrogens is 665 g/mol. The summed E-state index contributed by atoms with van der Waals surface area (Å²) in [6.07, 6.45) is -0.0131. The maximum absolute atomic E-state index is 3.80. The molecule has 0 spiro atoms. The van der Waals surface area contributed by atoms with Gasteiger partial charge in [0.1, 0.15) is 6.17 Å². The maximum Gasteiger partial charge on any atom is 0.130 e. The molecular formula is C53H36N2. The highest BCUT2D eigenvalue weighted by molar-refractivity contribution is 6.22. The van der Waals surface area contributed by atoms with Crippen molar-refractivity contribution in [2.75, 3.05) is 10.2 Å². The summed E-state index contributed by atoms with van der Waals surface area (Å²) in [7, 11) is 0. The van der Waals surface area contributed by atoms with E-state index in [1.54, 1.807) is 0 Å². The molecule has 55 heavy (non-hydrogen) atoms. The standard InChI is InChI=1S/C53H36N2/c1-2-16-44(17-3-1)55-50-21-11-10-20-49(50)54-53(55)38-26-22-37(23-27-38)41-30-31-47-48(34-41)52(43-29-25-36-13-5-7-15-40(36)33-43)46-19-9-8-18-45(46)51(47)42-28-24-35-12-4-6-14-39(35)32-42/h1-34,53-54H. The first-order valence-corrected chi connectivity index (χ1v) is 19.0. The molecule has 2 heteroatoms. The lowest BCUT2D eigenvalue weighted by Gasteiger charge is -2.27. The van der Waals surface area contributed by atoms with Gasteiger partial charge in [0.2, 0.25) is 0 Å². The second-order valence-electron chi connectivity index (χ2n) is 14.6. The molecule has 0 aliphatic carbocycles. The number of nitrogens with zero attached hydrogens (tertiary/aromatic N) is 1. The molecule has 0 saturated heterocycles. The molecule has 10 aromatic carbocycles. The third-order valence-electron chi connectivity index (χ3n) is 11.4. The van der Waals surface area contributed by atoms with Gasteiger partial charge in [-0.05, 0) is 124 Å². The van der Waals surface area contributed by atoms with Crippen LogP contribution in [-0.4, -0.2) is 0 Å². The second kappa shape index (κ2) is 12.8. The van der Waals surface area contributed by atoms with Gasteiger partial charge in [-0.1, -0.05) is 164 Å². The Balaban J connectivity index is 1.09. The van der Waals surface area contributed by atoms with Crippen molar-refractivity contribution in [3.8, 4) is 33.4 Å². The van der Waals surface area contributed by atoms with Crippen molar-refractivity contribution >= 4 is 60.2 Å². The number of para-hydroxylation sites is 3. The smallest absolute Gasteiger partial charge is 0.130 e. The summed E-state index contributed by atoms with van der Waals surface area (Å²) in [6, 6.07) is 75.5. The van der Waals surface area contributed by atoms with Crippen LogP contribution in [0.4, 0.5) is 17.1 Å². The monoisotopic (exact) mass is 700 g/mol. The number of hydrogen-bond donors (Lipinski definition) is 1. The first-order chi connectivity index (χ1) is 27.3. The summed E-state index contributed by atoms with van der Waals surface area (Å²) >= 11 is 0. The lowest BCUT2D eigenvalue weighted by molar-refractivity contribution is 0.828. The number of anilines is 3. The number of benzene rings is 10. The summed E-state index contributed by atoms with van der Waals surface area (Å²) in [4.78, 5) is 2.40. The van der Waals surface area contributed by atoms with Gasteiger partial charge in [0.05, 0.1) is 11.4 Å². The van der Waals surface area contributed by atoms with E-state index in [0.717, 1.165) is 5.69 Å². The lowest BCUT2D eigenvalue weighted by Crippen LogP contribution is -2.23. The zero-order chi connectivity index (χ0) is 36.3. The Hall–Kier alpha value is -7.16. The second-order valence-corrected chi connectivity index (χ2v) is 14.6. The third-order valence-corrected chi connectivity index (χ3v) is 11.4. The van der Waals surface area contributed by atoms with Crippen LogP contribution in [0.3, 0.4) is 0 Å². The van der Waals surface area contributed by atoms with Crippen LogP contribution in [-0.2, 0) is 0 Å². The van der Waals surface area contributed by atoms with Crippen molar-refractivity contribution in [2.24, 2.45) is 0 Å². The van der Waals surface area contributed by atoms with Gasteiger partial charge in [0.25, 0.3) is 0 Å². The van der Waals surface area contributed by atoms with Crippen molar-refractivity contribution in [3.05, 3.63) is 212 Å². The quantitative estimate of drug-likeness (QED) is 0.180. The predicted octanol–water partition coefficient (Wildman–Crippen LogP) is 14.6. The fraction of sp³-hybridized carbons (Fsp3) is 0.0189. The molecule has 0 radical (unpaired) electrons. The van der Waals surface area contributed by atoms with Crippen LogP contribution in [0.15, 0.2) is 206 Å². The first-order valence-electron chi connectivity index (χ1n) is 19.0. The highest BCUT2D eigenvalue weighted by Crippen LogP contribution is 2.48. The Kier molecular flexibility index (Phi) is 7.28. The van der Waals surface area contributed by atoms with E-state index in [2.05, 4.69) is 216 Å². The molecule has 1 N–H and O–H groups in total. The molecule has 1 atom stereocenters. The average molecular weight is 701 g/mol. The summed E-state index contributed by atoms with van der Waals surface area (Å²) < 4.78 is 0. The van der Waals surface area contributed by atoms with Crippen molar-refractivity contribution in [1.29, 1.82) is 0 Å². The molecule has 0 aromatic heterocycles. The topological polar surface area (TPSA) is 15.3 Å². The summed E-state index contributed by atoms with van der Waals surface area (Å²) in [6.45, 7) is 0. The summed E-state index contributed by atoms with van der Waals surface area (Å²) in [5.74, 6) is 0. The van der Waals surface area contributed by atoms with Gasteiger partial charge in [-0.15, -0.1) is 0 Å². The lowest BCUT2D eigenvalue weighted by atomic mass is 9.84. The van der Waals surface area contributed by atoms with E-state index in [-0.39, 0.29) is 6.17 Å². The molecule has 2 nitrogen and oxygen atoms in total. The number of hydrogen-bond acceptors (Lipinski definition) is 2. The van der Waals surface area contributed by atoms with E-state index >= 15 is 0 Å². The third kappa shape index (κ3) is 5.26. The molecule has 11 rings (SSSR count). The molecule has 1 aliphatic heterocycles. The molecule has 10 aromatic rings. The zero-order valence-electron chi connectivity index (χ0n) is 30.2. The fourth-order valence-corrected chi connectivity index (χ4v) is 8.79. The Morgan fingerprint density at radius 1 is 0.345 bits per heavy atom. The Morgan fingerprint density at radius 3 is 1.53 bits per heavy atom. The van der Waals surface area contributed by atoms with Gasteiger partial charge >= 0.3 is 0 Å². The highest BCUT2D eigenvalue weighted by atomic mass is 15.3. The molecule has 0 amide bonds. The van der Waals surface area contributed by atoms with Crippen LogP contribution < -0.4 is 10.2 Å². The van der Waals surface area contributed by atoms with Gasteiger partial charge in [0.15, 0.2) is 0 Å². The number of rotatable bonds is 5. The summed E-state index contributed by atoms with van der Waals surface area (Å²) in [5, 5.41) is 13.8. The van der Waals surface area contributed by atoms with Crippen LogP contribution in [0.5, 0.6) is 0 Å². The molecule has 0 bridgehead atoms. The highest BCUT2D eigenvalue weighted by Gasteiger charge is 2.31. The minimum Gasteiger partial charge on any atom is -0.359 e. The van der Waals surface area contributed by atoms with Crippen LogP contribution in [0, 0.1) is 0 Å². The van der Waals surface area contributed by atoms with Gasteiger partial charge in [-0.2, -0.15) is 0 Å². The van der Waals surface area contributed by atoms with E-state index < -0.39 is 0 Å². The van der Waals surface area contributed by atoms with Crippen LogP contribution in [0.1, 0.15) is 11.7 Å². The predicted molar refractivity (Wildman–Crippen MR) is 234 cm³/mol. The zero-order valence-corrected chi connectivity index (χ0v) is 30.2. The minimum absolute atomic E-state index is 0.0131. The normalized spacial score (nSPS) is 13.7. The van der Waals surface area contributed by atoms with Crippen molar-refractivity contribution < 1.29 is 0 Å². The molecule has 1 unspecified atom stereocenters. The van der Waals surface area contributed by atoms with E-state index in [1.165, 1.54) is 93.4 Å². The van der Waals surface area contributed by atoms with E-state index in [0.29, 0.717) is 0 Å². The van der Waals surface area contributed by atoms with Crippen molar-refractivity contribution in [2.45, 2.75) is 6.17 Å². The largest absolute Gasteiger partial charge is 0.359 e. The van der Waals surface area contributed by atoms with Gasteiger partial charge in [-0.3, -0.25) is 0 Å². The van der Waals surface area contributed by atoms with Crippen LogP contribution in [0.2, 0.25) is 0 Å². The van der Waals surface area contributed by atoms with Gasteiger partial charge in [-0.25, -0.2) is 0 Å². The molecule has 1 aliphatic rings. The molecule has 0 saturated carbocycles. The Morgan fingerprint density at radius 2 is 0.855 bits per heavy atom. The summed E-state index contributed by atoms with van der Waals surface area (Å²) in [5.41, 5.74) is 12.1. The Labute approximate surface area is 320 Å². The SMILES string of the molecule is c1ccc(N2c3ccccc3NC2c2ccc(-c3ccc4c(-c5ccc6ccccc6c5)c5ccccc5c(-c5ccc6ccccc6c5)c4c3)cc2)cc1.